The van der Waals surface area contributed by atoms with Crippen molar-refractivity contribution in [2.45, 2.75) is 44.0 Å². The van der Waals surface area contributed by atoms with E-state index in [1.807, 2.05) is 18.2 Å². The fourth-order valence-electron chi connectivity index (χ4n) is 3.36. The lowest BCUT2D eigenvalue weighted by Gasteiger charge is -2.07. The second-order valence-electron chi connectivity index (χ2n) is 8.03. The van der Waals surface area contributed by atoms with Gasteiger partial charge in [0.25, 0.3) is 0 Å². The van der Waals surface area contributed by atoms with Crippen LogP contribution in [0.3, 0.4) is 0 Å². The first kappa shape index (κ1) is 25.6. The maximum Gasteiger partial charge on any atom is 0.325 e. The maximum absolute atomic E-state index is 12.6. The third kappa shape index (κ3) is 6.12. The number of carbonyl (C=O) groups is 2. The Labute approximate surface area is 202 Å². The number of carbonyl (C=O) groups excluding carboxylic acids is 2. The Hall–Kier alpha value is -2.98. The fourth-order valence-corrected chi connectivity index (χ4v) is 5.76. The molecule has 0 atom stereocenters. The molecule has 1 amide bonds. The van der Waals surface area contributed by atoms with Gasteiger partial charge in [0.05, 0.1) is 35.1 Å². The van der Waals surface area contributed by atoms with Crippen molar-refractivity contribution < 1.29 is 27.5 Å². The number of hydrogen-bond donors (Lipinski definition) is 0. The van der Waals surface area contributed by atoms with Crippen molar-refractivity contribution in [1.29, 1.82) is 0 Å². The molecule has 1 aromatic heterocycles. The Bertz CT molecular complexity index is 1350. The highest BCUT2D eigenvalue weighted by Crippen LogP contribution is 2.24. The standard InChI is InChI=1S/C24H28N2O6S2/c1-16(2)17-7-12-20-21(14-17)33-24(26(20)15-23(28)32-4)25-22(27)6-5-13-34(29,30)19-10-8-18(31-3)9-11-19/h7-12,14,16H,5-6,13,15H2,1-4H3. The summed E-state index contributed by atoms with van der Waals surface area (Å²) in [6, 6.07) is 12.1. The highest BCUT2D eigenvalue weighted by atomic mass is 32.2. The van der Waals surface area contributed by atoms with Crippen molar-refractivity contribution in [2.24, 2.45) is 4.99 Å². The van der Waals surface area contributed by atoms with Crippen LogP contribution in [0.1, 0.15) is 38.2 Å². The van der Waals surface area contributed by atoms with Gasteiger partial charge in [-0.2, -0.15) is 4.99 Å². The molecule has 0 fully saturated rings. The first-order valence-corrected chi connectivity index (χ1v) is 13.3. The van der Waals surface area contributed by atoms with Gasteiger partial charge in [-0.05, 0) is 54.3 Å². The minimum Gasteiger partial charge on any atom is -0.497 e. The van der Waals surface area contributed by atoms with E-state index in [4.69, 9.17) is 9.47 Å². The molecule has 34 heavy (non-hydrogen) atoms. The fraction of sp³-hybridized carbons (Fsp3) is 0.375. The quantitative estimate of drug-likeness (QED) is 0.412. The largest absolute Gasteiger partial charge is 0.497 e. The number of ether oxygens (including phenoxy) is 2. The van der Waals surface area contributed by atoms with Gasteiger partial charge in [0, 0.05) is 6.42 Å². The van der Waals surface area contributed by atoms with E-state index in [2.05, 4.69) is 18.8 Å². The SMILES string of the molecule is COC(=O)Cn1c(=NC(=O)CCCS(=O)(=O)c2ccc(OC)cc2)sc2cc(C(C)C)ccc21. The lowest BCUT2D eigenvalue weighted by molar-refractivity contribution is -0.141. The summed E-state index contributed by atoms with van der Waals surface area (Å²) in [5, 5.41) is 0. The van der Waals surface area contributed by atoms with E-state index in [0.717, 1.165) is 15.8 Å². The molecule has 0 aliphatic heterocycles. The molecule has 8 nitrogen and oxygen atoms in total. The van der Waals surface area contributed by atoms with Gasteiger partial charge in [0.1, 0.15) is 12.3 Å². The van der Waals surface area contributed by atoms with Gasteiger partial charge in [0.15, 0.2) is 14.6 Å². The zero-order chi connectivity index (χ0) is 24.9. The smallest absolute Gasteiger partial charge is 0.325 e. The zero-order valence-electron chi connectivity index (χ0n) is 19.6. The van der Waals surface area contributed by atoms with Crippen molar-refractivity contribution in [3.05, 3.63) is 52.8 Å². The molecule has 0 unspecified atom stereocenters. The number of aromatic nitrogens is 1. The minimum absolute atomic E-state index is 0.0287. The summed E-state index contributed by atoms with van der Waals surface area (Å²) in [5.74, 6) is -0.175. The summed E-state index contributed by atoms with van der Waals surface area (Å²) in [5.41, 5.74) is 1.93. The van der Waals surface area contributed by atoms with Crippen molar-refractivity contribution in [1.82, 2.24) is 4.57 Å². The van der Waals surface area contributed by atoms with Crippen LogP contribution in [0.25, 0.3) is 10.2 Å². The van der Waals surface area contributed by atoms with Crippen LogP contribution in [0.5, 0.6) is 5.75 Å². The van der Waals surface area contributed by atoms with Crippen LogP contribution in [-0.2, 0) is 30.7 Å². The Morgan fingerprint density at radius 1 is 1.09 bits per heavy atom. The van der Waals surface area contributed by atoms with Gasteiger partial charge in [-0.15, -0.1) is 0 Å². The van der Waals surface area contributed by atoms with Crippen LogP contribution >= 0.6 is 11.3 Å². The van der Waals surface area contributed by atoms with Crippen LogP contribution in [0.4, 0.5) is 0 Å². The lowest BCUT2D eigenvalue weighted by atomic mass is 10.0. The van der Waals surface area contributed by atoms with Gasteiger partial charge in [-0.3, -0.25) is 9.59 Å². The van der Waals surface area contributed by atoms with Gasteiger partial charge in [-0.25, -0.2) is 8.42 Å². The van der Waals surface area contributed by atoms with E-state index < -0.39 is 21.7 Å². The highest BCUT2D eigenvalue weighted by Gasteiger charge is 2.16. The Morgan fingerprint density at radius 3 is 2.41 bits per heavy atom. The number of thiazole rings is 1. The summed E-state index contributed by atoms with van der Waals surface area (Å²) in [6.45, 7) is 4.10. The number of esters is 1. The molecular weight excluding hydrogens is 476 g/mol. The predicted octanol–water partition coefficient (Wildman–Crippen LogP) is 3.69. The monoisotopic (exact) mass is 504 g/mol. The molecule has 0 radical (unpaired) electrons. The second kappa shape index (κ2) is 11.0. The third-order valence-corrected chi connectivity index (χ3v) is 8.19. The van der Waals surface area contributed by atoms with Gasteiger partial charge >= 0.3 is 5.97 Å². The Morgan fingerprint density at radius 2 is 1.79 bits per heavy atom. The first-order chi connectivity index (χ1) is 16.1. The molecule has 10 heteroatoms. The van der Waals surface area contributed by atoms with Gasteiger partial charge < -0.3 is 14.0 Å². The summed E-state index contributed by atoms with van der Waals surface area (Å²) < 4.78 is 37.5. The van der Waals surface area contributed by atoms with E-state index in [-0.39, 0.29) is 30.0 Å². The number of sulfone groups is 1. The van der Waals surface area contributed by atoms with Crippen molar-refractivity contribution in [3.8, 4) is 5.75 Å². The lowest BCUT2D eigenvalue weighted by Crippen LogP contribution is -2.22. The average Bonchev–Trinajstić information content (AvgIpc) is 3.14. The number of rotatable bonds is 9. The maximum atomic E-state index is 12.6. The molecule has 0 spiro atoms. The summed E-state index contributed by atoms with van der Waals surface area (Å²) in [6.07, 6.45) is 0.106. The normalized spacial score (nSPS) is 12.3. The highest BCUT2D eigenvalue weighted by molar-refractivity contribution is 7.91. The third-order valence-electron chi connectivity index (χ3n) is 5.33. The van der Waals surface area contributed by atoms with Crippen LogP contribution in [0.2, 0.25) is 0 Å². The minimum atomic E-state index is -3.53. The predicted molar refractivity (Wildman–Crippen MR) is 131 cm³/mol. The number of fused-ring (bicyclic) bond motifs is 1. The van der Waals surface area contributed by atoms with Gasteiger partial charge in [0.2, 0.25) is 5.91 Å². The second-order valence-corrected chi connectivity index (χ2v) is 11.2. The van der Waals surface area contributed by atoms with E-state index in [1.165, 1.54) is 37.7 Å². The van der Waals surface area contributed by atoms with Crippen LogP contribution in [-0.4, -0.2) is 44.8 Å². The Balaban J connectivity index is 1.79. The average molecular weight is 505 g/mol. The molecule has 0 saturated heterocycles. The number of methoxy groups -OCH3 is 2. The number of hydrogen-bond acceptors (Lipinski definition) is 7. The van der Waals surface area contributed by atoms with Crippen molar-refractivity contribution >= 4 is 43.3 Å². The van der Waals surface area contributed by atoms with E-state index in [1.54, 1.807) is 16.7 Å². The molecule has 0 aliphatic carbocycles. The molecule has 182 valence electrons. The molecular formula is C24H28N2O6S2. The topological polar surface area (TPSA) is 104 Å². The van der Waals surface area contributed by atoms with E-state index in [9.17, 15) is 18.0 Å². The van der Waals surface area contributed by atoms with Crippen LogP contribution in [0, 0.1) is 0 Å². The molecule has 3 rings (SSSR count). The first-order valence-electron chi connectivity index (χ1n) is 10.8. The Kier molecular flexibility index (Phi) is 8.27. The number of amides is 1. The zero-order valence-corrected chi connectivity index (χ0v) is 21.2. The summed E-state index contributed by atoms with van der Waals surface area (Å²) in [4.78, 5) is 29.3. The molecule has 1 heterocycles. The van der Waals surface area contributed by atoms with Crippen LogP contribution in [0.15, 0.2) is 52.4 Å². The number of benzene rings is 2. The van der Waals surface area contributed by atoms with E-state index >= 15 is 0 Å². The molecule has 0 bridgehead atoms. The summed E-state index contributed by atoms with van der Waals surface area (Å²) >= 11 is 1.31. The summed E-state index contributed by atoms with van der Waals surface area (Å²) in [7, 11) is -0.716. The van der Waals surface area contributed by atoms with Crippen molar-refractivity contribution in [2.75, 3.05) is 20.0 Å². The molecule has 3 aromatic rings. The van der Waals surface area contributed by atoms with E-state index in [0.29, 0.717) is 16.5 Å². The molecule has 0 aliphatic rings. The number of nitrogens with zero attached hydrogens (tertiary/aromatic N) is 2. The molecule has 2 aromatic carbocycles. The molecule has 0 N–H and O–H groups in total. The van der Waals surface area contributed by atoms with Crippen molar-refractivity contribution in [3.63, 3.8) is 0 Å². The van der Waals surface area contributed by atoms with Gasteiger partial charge in [-0.1, -0.05) is 31.3 Å². The molecule has 0 saturated carbocycles. The van der Waals surface area contributed by atoms with Crippen LogP contribution < -0.4 is 9.54 Å².